The lowest BCUT2D eigenvalue weighted by Crippen LogP contribution is -2.25. The van der Waals surface area contributed by atoms with Gasteiger partial charge in [-0.2, -0.15) is 0 Å². The minimum Gasteiger partial charge on any atom is -0.398 e. The van der Waals surface area contributed by atoms with Gasteiger partial charge in [0, 0.05) is 49.5 Å². The maximum Gasteiger partial charge on any atom is 0.328 e. The van der Waals surface area contributed by atoms with E-state index in [1.165, 1.54) is 6.07 Å². The van der Waals surface area contributed by atoms with Gasteiger partial charge in [0.2, 0.25) is 0 Å². The molecule has 1 fully saturated rings. The number of nitrogens with zero attached hydrogens (tertiary/aromatic N) is 3. The standard InChI is InChI=1S/C14H18N4O2/c15-11-2-5-13(19)17(10-11)7-1-6-16-8-9-18(14(16)20)12-3-4-12/h2,5,8-10,12H,1,3-4,6-7,15H2. The summed E-state index contributed by atoms with van der Waals surface area (Å²) in [6, 6.07) is 3.46. The summed E-state index contributed by atoms with van der Waals surface area (Å²) >= 11 is 0. The molecule has 1 aliphatic carbocycles. The number of hydrogen-bond donors (Lipinski definition) is 1. The molecule has 1 saturated carbocycles. The van der Waals surface area contributed by atoms with Crippen molar-refractivity contribution in [3.8, 4) is 0 Å². The van der Waals surface area contributed by atoms with Crippen LogP contribution in [0.4, 0.5) is 5.69 Å². The van der Waals surface area contributed by atoms with Gasteiger partial charge in [0.05, 0.1) is 0 Å². The molecule has 0 aliphatic heterocycles. The van der Waals surface area contributed by atoms with Crippen LogP contribution in [0.3, 0.4) is 0 Å². The highest BCUT2D eigenvalue weighted by Gasteiger charge is 2.25. The molecule has 0 saturated heterocycles. The number of imidazole rings is 1. The van der Waals surface area contributed by atoms with Crippen LogP contribution in [0, 0.1) is 0 Å². The van der Waals surface area contributed by atoms with Crippen molar-refractivity contribution in [3.63, 3.8) is 0 Å². The van der Waals surface area contributed by atoms with Gasteiger partial charge in [-0.3, -0.25) is 13.9 Å². The highest BCUT2D eigenvalue weighted by Crippen LogP contribution is 2.33. The van der Waals surface area contributed by atoms with Gasteiger partial charge in [-0.05, 0) is 25.3 Å². The van der Waals surface area contributed by atoms with Crippen LogP contribution in [-0.4, -0.2) is 13.7 Å². The van der Waals surface area contributed by atoms with Gasteiger partial charge in [0.15, 0.2) is 0 Å². The number of aryl methyl sites for hydroxylation is 2. The Morgan fingerprint density at radius 3 is 2.60 bits per heavy atom. The molecule has 2 aromatic heterocycles. The zero-order valence-electron chi connectivity index (χ0n) is 11.2. The van der Waals surface area contributed by atoms with Gasteiger partial charge in [-0.25, -0.2) is 4.79 Å². The maximum atomic E-state index is 12.1. The summed E-state index contributed by atoms with van der Waals surface area (Å²) in [6.07, 6.45) is 8.24. The Kier molecular flexibility index (Phi) is 3.22. The zero-order valence-corrected chi connectivity index (χ0v) is 11.2. The lowest BCUT2D eigenvalue weighted by atomic mass is 10.3. The molecule has 0 aromatic carbocycles. The van der Waals surface area contributed by atoms with E-state index < -0.39 is 0 Å². The number of nitrogen functional groups attached to an aromatic ring is 1. The predicted molar refractivity (Wildman–Crippen MR) is 76.7 cm³/mol. The molecule has 0 amide bonds. The lowest BCUT2D eigenvalue weighted by Gasteiger charge is -2.06. The van der Waals surface area contributed by atoms with Gasteiger partial charge in [0.25, 0.3) is 5.56 Å². The first-order chi connectivity index (χ1) is 9.65. The molecule has 6 nitrogen and oxygen atoms in total. The number of hydrogen-bond acceptors (Lipinski definition) is 3. The van der Waals surface area contributed by atoms with E-state index in [1.807, 2.05) is 12.4 Å². The molecule has 3 rings (SSSR count). The Morgan fingerprint density at radius 2 is 1.85 bits per heavy atom. The fourth-order valence-corrected chi connectivity index (χ4v) is 2.36. The SMILES string of the molecule is Nc1ccc(=O)n(CCCn2ccn(C3CC3)c2=O)c1. The van der Waals surface area contributed by atoms with Crippen molar-refractivity contribution < 1.29 is 0 Å². The highest BCUT2D eigenvalue weighted by atomic mass is 16.2. The van der Waals surface area contributed by atoms with Crippen LogP contribution < -0.4 is 17.0 Å². The summed E-state index contributed by atoms with van der Waals surface area (Å²) in [6.45, 7) is 1.17. The minimum atomic E-state index is -0.0675. The normalized spacial score (nSPS) is 14.6. The second kappa shape index (κ2) is 5.03. The summed E-state index contributed by atoms with van der Waals surface area (Å²) < 4.78 is 5.08. The molecule has 2 aromatic rings. The van der Waals surface area contributed by atoms with E-state index in [2.05, 4.69) is 0 Å². The van der Waals surface area contributed by atoms with E-state index in [9.17, 15) is 9.59 Å². The van der Waals surface area contributed by atoms with Crippen molar-refractivity contribution >= 4 is 5.69 Å². The van der Waals surface area contributed by atoms with Crippen molar-refractivity contribution in [3.05, 3.63) is 51.6 Å². The Labute approximate surface area is 116 Å². The van der Waals surface area contributed by atoms with Crippen molar-refractivity contribution in [2.24, 2.45) is 0 Å². The fourth-order valence-electron chi connectivity index (χ4n) is 2.36. The lowest BCUT2D eigenvalue weighted by molar-refractivity contribution is 0.534. The molecule has 0 unspecified atom stereocenters. The number of aromatic nitrogens is 3. The molecular weight excluding hydrogens is 256 g/mol. The van der Waals surface area contributed by atoms with Gasteiger partial charge < -0.3 is 10.3 Å². The summed E-state index contributed by atoms with van der Waals surface area (Å²) in [7, 11) is 0. The fraction of sp³-hybridized carbons (Fsp3) is 0.429. The summed E-state index contributed by atoms with van der Waals surface area (Å²) in [5.74, 6) is 0. The largest absolute Gasteiger partial charge is 0.398 e. The first-order valence-electron chi connectivity index (χ1n) is 6.88. The molecule has 2 heterocycles. The van der Waals surface area contributed by atoms with E-state index in [1.54, 1.807) is 26.0 Å². The third-order valence-electron chi connectivity index (χ3n) is 3.62. The zero-order chi connectivity index (χ0) is 14.1. The summed E-state index contributed by atoms with van der Waals surface area (Å²) in [5, 5.41) is 0. The van der Waals surface area contributed by atoms with E-state index in [0.29, 0.717) is 24.8 Å². The van der Waals surface area contributed by atoms with Crippen molar-refractivity contribution in [2.45, 2.75) is 38.4 Å². The monoisotopic (exact) mass is 274 g/mol. The Hall–Kier alpha value is -2.24. The van der Waals surface area contributed by atoms with Gasteiger partial charge in [-0.15, -0.1) is 0 Å². The van der Waals surface area contributed by atoms with Crippen molar-refractivity contribution in [1.82, 2.24) is 13.7 Å². The van der Waals surface area contributed by atoms with Crippen LogP contribution >= 0.6 is 0 Å². The second-order valence-electron chi connectivity index (χ2n) is 5.26. The Bertz CT molecular complexity index is 721. The van der Waals surface area contributed by atoms with Crippen LogP contribution in [0.2, 0.25) is 0 Å². The first kappa shape index (κ1) is 12.8. The third-order valence-corrected chi connectivity index (χ3v) is 3.62. The van der Waals surface area contributed by atoms with Crippen molar-refractivity contribution in [1.29, 1.82) is 0 Å². The molecule has 106 valence electrons. The van der Waals surface area contributed by atoms with Crippen LogP contribution in [0.15, 0.2) is 40.3 Å². The average Bonchev–Trinajstić information content (AvgIpc) is 3.20. The Morgan fingerprint density at radius 1 is 1.10 bits per heavy atom. The number of pyridine rings is 1. The summed E-state index contributed by atoms with van der Waals surface area (Å²) in [5.41, 5.74) is 6.21. The molecule has 0 spiro atoms. The minimum absolute atomic E-state index is 0.0485. The Balaban J connectivity index is 1.64. The van der Waals surface area contributed by atoms with Crippen LogP contribution in [-0.2, 0) is 13.1 Å². The molecule has 1 aliphatic rings. The topological polar surface area (TPSA) is 75.0 Å². The van der Waals surface area contributed by atoms with E-state index in [0.717, 1.165) is 19.3 Å². The van der Waals surface area contributed by atoms with Gasteiger partial charge in [0.1, 0.15) is 0 Å². The number of rotatable bonds is 5. The van der Waals surface area contributed by atoms with Crippen molar-refractivity contribution in [2.75, 3.05) is 5.73 Å². The van der Waals surface area contributed by atoms with Crippen LogP contribution in [0.25, 0.3) is 0 Å². The van der Waals surface area contributed by atoms with E-state index in [-0.39, 0.29) is 11.2 Å². The van der Waals surface area contributed by atoms with E-state index in [4.69, 9.17) is 5.73 Å². The molecule has 20 heavy (non-hydrogen) atoms. The average molecular weight is 274 g/mol. The number of anilines is 1. The third kappa shape index (κ3) is 2.54. The molecular formula is C14H18N4O2. The highest BCUT2D eigenvalue weighted by molar-refractivity contribution is 5.33. The van der Waals surface area contributed by atoms with Gasteiger partial charge >= 0.3 is 5.69 Å². The molecule has 0 bridgehead atoms. The molecule has 2 N–H and O–H groups in total. The molecule has 0 radical (unpaired) electrons. The molecule has 0 atom stereocenters. The smallest absolute Gasteiger partial charge is 0.328 e. The van der Waals surface area contributed by atoms with Crippen LogP contribution in [0.1, 0.15) is 25.3 Å². The second-order valence-corrected chi connectivity index (χ2v) is 5.26. The quantitative estimate of drug-likeness (QED) is 0.877. The predicted octanol–water partition coefficient (Wildman–Crippen LogP) is 0.819. The summed E-state index contributed by atoms with van der Waals surface area (Å²) in [4.78, 5) is 23.7. The number of nitrogens with two attached hydrogens (primary N) is 1. The van der Waals surface area contributed by atoms with Crippen LogP contribution in [0.5, 0.6) is 0 Å². The van der Waals surface area contributed by atoms with Gasteiger partial charge in [-0.1, -0.05) is 0 Å². The molecule has 6 heteroatoms. The maximum absolute atomic E-state index is 12.1. The van der Waals surface area contributed by atoms with E-state index >= 15 is 0 Å². The first-order valence-corrected chi connectivity index (χ1v) is 6.88.